The Morgan fingerprint density at radius 1 is 0.966 bits per heavy atom. The van der Waals surface area contributed by atoms with Gasteiger partial charge in [-0.05, 0) is 29.8 Å². The Labute approximate surface area is 172 Å². The summed E-state index contributed by atoms with van der Waals surface area (Å²) in [5.41, 5.74) is 5.39. The molecule has 2 aromatic carbocycles. The van der Waals surface area contributed by atoms with Crippen molar-refractivity contribution in [1.29, 1.82) is 0 Å². The largest absolute Gasteiger partial charge is 0.455 e. The molecule has 0 unspecified atom stereocenters. The van der Waals surface area contributed by atoms with Crippen molar-refractivity contribution in [1.82, 2.24) is 16.2 Å². The molecular weight excluding hydrogens is 398 g/mol. The van der Waals surface area contributed by atoms with Crippen LogP contribution < -0.4 is 16.2 Å². The Bertz CT molecular complexity index is 871. The van der Waals surface area contributed by atoms with Crippen LogP contribution in [0.2, 0.25) is 5.02 Å². The zero-order valence-electron chi connectivity index (χ0n) is 15.6. The maximum absolute atomic E-state index is 12.1. The molecule has 0 bridgehead atoms. The van der Waals surface area contributed by atoms with E-state index in [0.29, 0.717) is 10.6 Å². The van der Waals surface area contributed by atoms with Crippen LogP contribution in [0, 0.1) is 0 Å². The van der Waals surface area contributed by atoms with Crippen molar-refractivity contribution in [2.75, 3.05) is 6.61 Å². The molecule has 0 aromatic heterocycles. The van der Waals surface area contributed by atoms with Gasteiger partial charge in [0.25, 0.3) is 11.8 Å². The standard InChI is InChI=1S/C20H20ClN3O5/c1-13(25)22-17(14-5-3-2-4-6-14)11-19(27)29-12-18(26)23-24-20(28)15-7-9-16(21)10-8-15/h2-10,17H,11-12H2,1H3,(H,22,25)(H,23,26)(H,24,28)/t17-/m1/s1. The van der Waals surface area contributed by atoms with Gasteiger partial charge in [0.05, 0.1) is 12.5 Å². The average Bonchev–Trinajstić information content (AvgIpc) is 2.71. The van der Waals surface area contributed by atoms with E-state index < -0.39 is 30.4 Å². The van der Waals surface area contributed by atoms with Gasteiger partial charge >= 0.3 is 5.97 Å². The van der Waals surface area contributed by atoms with E-state index in [4.69, 9.17) is 16.3 Å². The smallest absolute Gasteiger partial charge is 0.308 e. The summed E-state index contributed by atoms with van der Waals surface area (Å²) >= 11 is 5.74. The molecule has 0 saturated heterocycles. The molecule has 0 fully saturated rings. The Balaban J connectivity index is 1.79. The number of carbonyl (C=O) groups excluding carboxylic acids is 4. The lowest BCUT2D eigenvalue weighted by atomic mass is 10.0. The lowest BCUT2D eigenvalue weighted by molar-refractivity contribution is -0.149. The zero-order chi connectivity index (χ0) is 21.2. The van der Waals surface area contributed by atoms with Crippen LogP contribution in [-0.4, -0.2) is 30.3 Å². The van der Waals surface area contributed by atoms with Gasteiger partial charge in [-0.15, -0.1) is 0 Å². The molecule has 0 aliphatic heterocycles. The van der Waals surface area contributed by atoms with Crippen LogP contribution in [0.25, 0.3) is 0 Å². The lowest BCUT2D eigenvalue weighted by Crippen LogP contribution is -2.43. The highest BCUT2D eigenvalue weighted by Crippen LogP contribution is 2.17. The average molecular weight is 418 g/mol. The predicted molar refractivity (Wildman–Crippen MR) is 106 cm³/mol. The molecule has 0 spiro atoms. The molecule has 29 heavy (non-hydrogen) atoms. The molecule has 0 heterocycles. The van der Waals surface area contributed by atoms with Gasteiger partial charge in [0.1, 0.15) is 0 Å². The fraction of sp³-hybridized carbons (Fsp3) is 0.200. The van der Waals surface area contributed by atoms with Crippen molar-refractivity contribution in [3.63, 3.8) is 0 Å². The number of ether oxygens (including phenoxy) is 1. The lowest BCUT2D eigenvalue weighted by Gasteiger charge is -2.17. The monoisotopic (exact) mass is 417 g/mol. The third kappa shape index (κ3) is 7.63. The maximum atomic E-state index is 12.1. The minimum atomic E-state index is -0.712. The molecule has 3 N–H and O–H groups in total. The van der Waals surface area contributed by atoms with Crippen LogP contribution in [0.15, 0.2) is 54.6 Å². The third-order valence-corrected chi connectivity index (χ3v) is 3.99. The van der Waals surface area contributed by atoms with Crippen molar-refractivity contribution in [2.45, 2.75) is 19.4 Å². The summed E-state index contributed by atoms with van der Waals surface area (Å²) < 4.78 is 4.92. The van der Waals surface area contributed by atoms with Gasteiger partial charge in [-0.25, -0.2) is 0 Å². The van der Waals surface area contributed by atoms with Gasteiger partial charge in [0, 0.05) is 17.5 Å². The molecule has 0 aliphatic rings. The van der Waals surface area contributed by atoms with Gasteiger partial charge in [-0.3, -0.25) is 30.0 Å². The molecule has 1 atom stereocenters. The Kier molecular flexibility index (Phi) is 8.17. The fourth-order valence-electron chi connectivity index (χ4n) is 2.39. The van der Waals surface area contributed by atoms with E-state index in [9.17, 15) is 19.2 Å². The van der Waals surface area contributed by atoms with E-state index in [-0.39, 0.29) is 12.3 Å². The number of hydrogen-bond acceptors (Lipinski definition) is 5. The van der Waals surface area contributed by atoms with Crippen LogP contribution in [0.4, 0.5) is 0 Å². The first-order valence-corrected chi connectivity index (χ1v) is 9.05. The van der Waals surface area contributed by atoms with E-state index in [2.05, 4.69) is 16.2 Å². The highest BCUT2D eigenvalue weighted by Gasteiger charge is 2.19. The second-order valence-corrected chi connectivity index (χ2v) is 6.47. The first-order chi connectivity index (χ1) is 13.8. The number of amides is 3. The van der Waals surface area contributed by atoms with Crippen molar-refractivity contribution in [3.05, 3.63) is 70.7 Å². The molecule has 0 aliphatic carbocycles. The Morgan fingerprint density at radius 3 is 2.24 bits per heavy atom. The summed E-state index contributed by atoms with van der Waals surface area (Å²) in [7, 11) is 0. The van der Waals surface area contributed by atoms with Gasteiger partial charge in [-0.1, -0.05) is 41.9 Å². The number of rotatable bonds is 7. The van der Waals surface area contributed by atoms with Crippen LogP contribution in [-0.2, 0) is 19.1 Å². The van der Waals surface area contributed by atoms with Crippen molar-refractivity contribution >= 4 is 35.3 Å². The highest BCUT2D eigenvalue weighted by molar-refractivity contribution is 6.30. The van der Waals surface area contributed by atoms with Gasteiger partial charge < -0.3 is 10.1 Å². The molecular formula is C20H20ClN3O5. The number of halogens is 1. The number of hydrazine groups is 1. The van der Waals surface area contributed by atoms with Crippen LogP contribution in [0.1, 0.15) is 35.3 Å². The first-order valence-electron chi connectivity index (χ1n) is 8.67. The summed E-state index contributed by atoms with van der Waals surface area (Å²) in [6.45, 7) is 0.763. The molecule has 2 aromatic rings. The molecule has 0 radical (unpaired) electrons. The molecule has 3 amide bonds. The van der Waals surface area contributed by atoms with Crippen LogP contribution in [0.5, 0.6) is 0 Å². The minimum Gasteiger partial charge on any atom is -0.455 e. The fourth-order valence-corrected chi connectivity index (χ4v) is 2.52. The second-order valence-electron chi connectivity index (χ2n) is 6.04. The molecule has 2 rings (SSSR count). The molecule has 0 saturated carbocycles. The molecule has 152 valence electrons. The van der Waals surface area contributed by atoms with Gasteiger partial charge in [0.2, 0.25) is 5.91 Å². The maximum Gasteiger partial charge on any atom is 0.308 e. The van der Waals surface area contributed by atoms with Crippen molar-refractivity contribution < 1.29 is 23.9 Å². The van der Waals surface area contributed by atoms with Crippen molar-refractivity contribution in [3.8, 4) is 0 Å². The summed E-state index contributed by atoms with van der Waals surface area (Å²) in [5.74, 6) is -2.23. The summed E-state index contributed by atoms with van der Waals surface area (Å²) in [5, 5.41) is 3.15. The number of esters is 1. The number of carbonyl (C=O) groups is 4. The minimum absolute atomic E-state index is 0.145. The zero-order valence-corrected chi connectivity index (χ0v) is 16.4. The normalized spacial score (nSPS) is 11.1. The summed E-state index contributed by atoms with van der Waals surface area (Å²) in [4.78, 5) is 47.1. The number of benzene rings is 2. The van der Waals surface area contributed by atoms with E-state index in [1.807, 2.05) is 6.07 Å². The Hall–Kier alpha value is -3.39. The molecule has 8 nitrogen and oxygen atoms in total. The third-order valence-electron chi connectivity index (χ3n) is 3.74. The SMILES string of the molecule is CC(=O)N[C@H](CC(=O)OCC(=O)NNC(=O)c1ccc(Cl)cc1)c1ccccc1. The molecule has 9 heteroatoms. The Morgan fingerprint density at radius 2 is 1.62 bits per heavy atom. The quantitative estimate of drug-likeness (QED) is 0.470. The van der Waals surface area contributed by atoms with Crippen molar-refractivity contribution in [2.24, 2.45) is 0 Å². The van der Waals surface area contributed by atoms with E-state index >= 15 is 0 Å². The number of hydrogen-bond donors (Lipinski definition) is 3. The van der Waals surface area contributed by atoms with Gasteiger partial charge in [0.15, 0.2) is 6.61 Å². The topological polar surface area (TPSA) is 114 Å². The van der Waals surface area contributed by atoms with Crippen LogP contribution >= 0.6 is 11.6 Å². The van der Waals surface area contributed by atoms with E-state index in [0.717, 1.165) is 5.56 Å². The predicted octanol–water partition coefficient (Wildman–Crippen LogP) is 1.91. The van der Waals surface area contributed by atoms with Crippen LogP contribution in [0.3, 0.4) is 0 Å². The highest BCUT2D eigenvalue weighted by atomic mass is 35.5. The van der Waals surface area contributed by atoms with E-state index in [1.165, 1.54) is 31.2 Å². The second kappa shape index (κ2) is 10.8. The van der Waals surface area contributed by atoms with Gasteiger partial charge in [-0.2, -0.15) is 0 Å². The summed E-state index contributed by atoms with van der Waals surface area (Å²) in [6.07, 6.45) is -0.145. The number of nitrogens with one attached hydrogen (secondary N) is 3. The summed E-state index contributed by atoms with van der Waals surface area (Å²) in [6, 6.07) is 14.4. The first kappa shape index (κ1) is 21.9. The van der Waals surface area contributed by atoms with E-state index in [1.54, 1.807) is 24.3 Å².